The molecule has 0 fully saturated rings. The number of nitrogens with two attached hydrogens (primary N) is 1. The molecule has 0 radical (unpaired) electrons. The first-order chi connectivity index (χ1) is 14.1. The number of carbonyl (C=O) groups is 2. The largest absolute Gasteiger partial charge is 0.497 e. The van der Waals surface area contributed by atoms with E-state index >= 15 is 0 Å². The first-order valence-corrected chi connectivity index (χ1v) is 10.6. The Morgan fingerprint density at radius 3 is 2.23 bits per heavy atom. The summed E-state index contributed by atoms with van der Waals surface area (Å²) >= 11 is 0. The third-order valence-electron chi connectivity index (χ3n) is 4.30. The van der Waals surface area contributed by atoms with Crippen molar-refractivity contribution in [1.82, 2.24) is 5.32 Å². The predicted molar refractivity (Wildman–Crippen MR) is 113 cm³/mol. The van der Waals surface area contributed by atoms with E-state index in [0.717, 1.165) is 0 Å². The van der Waals surface area contributed by atoms with Crippen LogP contribution in [0.3, 0.4) is 0 Å². The lowest BCUT2D eigenvalue weighted by molar-refractivity contribution is -0.115. The fourth-order valence-corrected chi connectivity index (χ4v) is 4.62. The molecule has 0 atom stereocenters. The van der Waals surface area contributed by atoms with E-state index in [1.165, 1.54) is 32.4 Å². The number of hydrogen-bond acceptors (Lipinski definition) is 8. The van der Waals surface area contributed by atoms with Crippen LogP contribution in [0.15, 0.2) is 35.2 Å². The first kappa shape index (κ1) is 23.2. The maximum atomic E-state index is 12.7. The molecule has 0 unspecified atom stereocenters. The van der Waals surface area contributed by atoms with Gasteiger partial charge in [-0.3, -0.25) is 10.1 Å². The van der Waals surface area contributed by atoms with Crippen molar-refractivity contribution in [3.63, 3.8) is 0 Å². The highest BCUT2D eigenvalue weighted by Crippen LogP contribution is 2.26. The van der Waals surface area contributed by atoms with E-state index in [1.54, 1.807) is 26.0 Å². The number of nitrogen functional groups attached to an aromatic ring is 1. The molecule has 4 N–H and O–H groups in total. The molecule has 9 nitrogen and oxygen atoms in total. The molecule has 0 aliphatic rings. The Balaban J connectivity index is 2.00. The van der Waals surface area contributed by atoms with Crippen LogP contribution in [-0.4, -0.2) is 46.9 Å². The summed E-state index contributed by atoms with van der Waals surface area (Å²) < 4.78 is 35.2. The lowest BCUT2D eigenvalue weighted by Gasteiger charge is -2.14. The molecule has 162 valence electrons. The van der Waals surface area contributed by atoms with Gasteiger partial charge in [0.15, 0.2) is 9.84 Å². The van der Waals surface area contributed by atoms with Gasteiger partial charge < -0.3 is 20.5 Å². The van der Waals surface area contributed by atoms with Crippen molar-refractivity contribution in [1.29, 1.82) is 0 Å². The number of ether oxygens (including phenoxy) is 2. The average Bonchev–Trinajstić information content (AvgIpc) is 2.67. The monoisotopic (exact) mass is 435 g/mol. The number of sulfone groups is 1. The Morgan fingerprint density at radius 2 is 1.70 bits per heavy atom. The summed E-state index contributed by atoms with van der Waals surface area (Å²) in [6, 6.07) is 7.61. The quantitative estimate of drug-likeness (QED) is 0.420. The van der Waals surface area contributed by atoms with Crippen molar-refractivity contribution in [2.24, 2.45) is 0 Å². The van der Waals surface area contributed by atoms with Crippen LogP contribution in [0.25, 0.3) is 0 Å². The van der Waals surface area contributed by atoms with Crippen LogP contribution in [0.1, 0.15) is 21.5 Å². The zero-order valence-electron chi connectivity index (χ0n) is 17.2. The fraction of sp³-hybridized carbons (Fsp3) is 0.300. The molecule has 0 heterocycles. The van der Waals surface area contributed by atoms with Crippen LogP contribution in [-0.2, 0) is 19.4 Å². The minimum Gasteiger partial charge on any atom is -0.497 e. The lowest BCUT2D eigenvalue weighted by atomic mass is 10.1. The van der Waals surface area contributed by atoms with Crippen molar-refractivity contribution < 1.29 is 27.5 Å². The Hall–Kier alpha value is -3.11. The summed E-state index contributed by atoms with van der Waals surface area (Å²) in [5, 5.41) is 5.21. The molecule has 10 heteroatoms. The molecule has 30 heavy (non-hydrogen) atoms. The molecule has 2 aromatic rings. The number of aryl methyl sites for hydroxylation is 2. The van der Waals surface area contributed by atoms with E-state index in [0.29, 0.717) is 22.6 Å². The summed E-state index contributed by atoms with van der Waals surface area (Å²) in [4.78, 5) is 23.9. The third kappa shape index (κ3) is 5.49. The minimum absolute atomic E-state index is 0.184. The summed E-state index contributed by atoms with van der Waals surface area (Å²) in [5.74, 6) is -0.862. The highest BCUT2D eigenvalue weighted by Gasteiger charge is 2.21. The number of methoxy groups -OCH3 is 2. The second-order valence-corrected chi connectivity index (χ2v) is 8.54. The highest BCUT2D eigenvalue weighted by atomic mass is 32.2. The fourth-order valence-electron chi connectivity index (χ4n) is 3.01. The summed E-state index contributed by atoms with van der Waals surface area (Å²) in [5.41, 5.74) is 7.72. The SMILES string of the molecule is COC(=O)c1ccc(NC(=O)CNCS(=O)(=O)c2c(C)cc(OC)cc2C)c(N)c1. The second kappa shape index (κ2) is 9.59. The Morgan fingerprint density at radius 1 is 1.07 bits per heavy atom. The third-order valence-corrected chi connectivity index (χ3v) is 6.16. The van der Waals surface area contributed by atoms with E-state index in [1.807, 2.05) is 0 Å². The van der Waals surface area contributed by atoms with Gasteiger partial charge >= 0.3 is 5.97 Å². The molecule has 0 spiro atoms. The van der Waals surface area contributed by atoms with Gasteiger partial charge in [0.2, 0.25) is 5.91 Å². The molecular formula is C20H25N3O6S. The smallest absolute Gasteiger partial charge is 0.337 e. The molecular weight excluding hydrogens is 410 g/mol. The van der Waals surface area contributed by atoms with Gasteiger partial charge in [0.1, 0.15) is 11.6 Å². The molecule has 0 aliphatic heterocycles. The Bertz CT molecular complexity index is 1040. The van der Waals surface area contributed by atoms with Crippen LogP contribution >= 0.6 is 0 Å². The van der Waals surface area contributed by atoms with Crippen molar-refractivity contribution in [3.05, 3.63) is 47.0 Å². The van der Waals surface area contributed by atoms with Gasteiger partial charge in [0, 0.05) is 0 Å². The Kier molecular flexibility index (Phi) is 7.41. The van der Waals surface area contributed by atoms with Crippen molar-refractivity contribution in [2.75, 3.05) is 37.7 Å². The van der Waals surface area contributed by atoms with Crippen LogP contribution in [0.5, 0.6) is 5.75 Å². The van der Waals surface area contributed by atoms with E-state index in [-0.39, 0.29) is 22.7 Å². The average molecular weight is 436 g/mol. The summed E-state index contributed by atoms with van der Waals surface area (Å²) in [7, 11) is -0.899. The topological polar surface area (TPSA) is 137 Å². The summed E-state index contributed by atoms with van der Waals surface area (Å²) in [6.45, 7) is 3.14. The van der Waals surface area contributed by atoms with Crippen molar-refractivity contribution in [2.45, 2.75) is 18.7 Å². The second-order valence-electron chi connectivity index (χ2n) is 6.62. The van der Waals surface area contributed by atoms with Crippen LogP contribution < -0.4 is 21.1 Å². The zero-order valence-corrected chi connectivity index (χ0v) is 18.1. The number of rotatable bonds is 8. The maximum absolute atomic E-state index is 12.7. The van der Waals surface area contributed by atoms with Gasteiger partial charge in [-0.15, -0.1) is 0 Å². The molecule has 0 saturated heterocycles. The number of benzene rings is 2. The van der Waals surface area contributed by atoms with Crippen LogP contribution in [0.2, 0.25) is 0 Å². The predicted octanol–water partition coefficient (Wildman–Crippen LogP) is 1.64. The van der Waals surface area contributed by atoms with Crippen LogP contribution in [0.4, 0.5) is 11.4 Å². The van der Waals surface area contributed by atoms with E-state index in [4.69, 9.17) is 10.5 Å². The molecule has 0 aliphatic carbocycles. The van der Waals surface area contributed by atoms with E-state index in [2.05, 4.69) is 15.4 Å². The van der Waals surface area contributed by atoms with Gasteiger partial charge in [-0.2, -0.15) is 0 Å². The molecule has 1 amide bonds. The van der Waals surface area contributed by atoms with Gasteiger partial charge in [-0.25, -0.2) is 13.2 Å². The van der Waals surface area contributed by atoms with Crippen molar-refractivity contribution in [3.8, 4) is 5.75 Å². The number of nitrogens with one attached hydrogen (secondary N) is 2. The van der Waals surface area contributed by atoms with Crippen molar-refractivity contribution >= 4 is 33.1 Å². The standard InChI is InChI=1S/C20H25N3O6S/c1-12-7-15(28-3)8-13(2)19(12)30(26,27)11-22-10-18(24)23-17-6-5-14(9-16(17)21)20(25)29-4/h5-9,22H,10-11,21H2,1-4H3,(H,23,24). The number of carbonyl (C=O) groups excluding carboxylic acids is 2. The molecule has 0 saturated carbocycles. The Labute approximate surface area is 175 Å². The number of esters is 1. The van der Waals surface area contributed by atoms with E-state index in [9.17, 15) is 18.0 Å². The lowest BCUT2D eigenvalue weighted by Crippen LogP contribution is -2.32. The molecule has 2 rings (SSSR count). The highest BCUT2D eigenvalue weighted by molar-refractivity contribution is 7.91. The first-order valence-electron chi connectivity index (χ1n) is 8.95. The van der Waals surface area contributed by atoms with Gasteiger partial charge in [-0.05, 0) is 55.3 Å². The van der Waals surface area contributed by atoms with Gasteiger partial charge in [0.05, 0.1) is 42.6 Å². The number of anilines is 2. The van der Waals surface area contributed by atoms with Crippen LogP contribution in [0, 0.1) is 13.8 Å². The molecule has 0 aromatic heterocycles. The van der Waals surface area contributed by atoms with E-state index < -0.39 is 27.6 Å². The van der Waals surface area contributed by atoms with Gasteiger partial charge in [-0.1, -0.05) is 0 Å². The number of amides is 1. The minimum atomic E-state index is -3.66. The maximum Gasteiger partial charge on any atom is 0.337 e. The normalized spacial score (nSPS) is 11.1. The zero-order chi connectivity index (χ0) is 22.5. The molecule has 2 aromatic carbocycles. The van der Waals surface area contributed by atoms with Gasteiger partial charge in [0.25, 0.3) is 0 Å². The molecule has 0 bridgehead atoms. The number of hydrogen-bond donors (Lipinski definition) is 3. The summed E-state index contributed by atoms with van der Waals surface area (Å²) in [6.07, 6.45) is 0.